The number of hydrogen-bond acceptors (Lipinski definition) is 4. The van der Waals surface area contributed by atoms with Crippen LogP contribution in [0, 0.1) is 21.7 Å². The van der Waals surface area contributed by atoms with Crippen molar-refractivity contribution < 1.29 is 13.7 Å². The second-order valence-electron chi connectivity index (χ2n) is 5.26. The predicted molar refractivity (Wildman–Crippen MR) is 71.7 cm³/mol. The number of nitro benzene ring substituents is 1. The average Bonchev–Trinajstić information content (AvgIpc) is 2.80. The lowest BCUT2D eigenvalue weighted by molar-refractivity contribution is -0.384. The van der Waals surface area contributed by atoms with Crippen molar-refractivity contribution in [2.75, 3.05) is 18.4 Å². The van der Waals surface area contributed by atoms with Crippen molar-refractivity contribution in [2.45, 2.75) is 32.4 Å². The van der Waals surface area contributed by atoms with Gasteiger partial charge in [0.15, 0.2) is 5.82 Å². The molecule has 7 heteroatoms. The number of nitro groups is 1. The first kappa shape index (κ1) is 14.6. The van der Waals surface area contributed by atoms with E-state index in [1.807, 2.05) is 0 Å². The fourth-order valence-corrected chi connectivity index (χ4v) is 2.43. The Morgan fingerprint density at radius 1 is 1.45 bits per heavy atom. The van der Waals surface area contributed by atoms with Crippen LogP contribution in [0.5, 0.6) is 0 Å². The van der Waals surface area contributed by atoms with Crippen LogP contribution in [-0.4, -0.2) is 35.0 Å². The van der Waals surface area contributed by atoms with Gasteiger partial charge >= 0.3 is 0 Å². The van der Waals surface area contributed by atoms with E-state index in [9.17, 15) is 18.9 Å². The average molecular weight is 285 g/mol. The van der Waals surface area contributed by atoms with Gasteiger partial charge in [-0.15, -0.1) is 0 Å². The van der Waals surface area contributed by atoms with Crippen molar-refractivity contribution in [2.24, 2.45) is 0 Å². The van der Waals surface area contributed by atoms with Crippen LogP contribution in [0.2, 0.25) is 0 Å². The minimum absolute atomic E-state index is 0.0731. The first-order chi connectivity index (χ1) is 9.38. The first-order valence-electron chi connectivity index (χ1n) is 6.52. The van der Waals surface area contributed by atoms with Gasteiger partial charge in [0.05, 0.1) is 11.0 Å². The van der Waals surface area contributed by atoms with Gasteiger partial charge in [0.1, 0.15) is 11.5 Å². The van der Waals surface area contributed by atoms with Crippen molar-refractivity contribution in [3.05, 3.63) is 33.9 Å². The highest BCUT2D eigenvalue weighted by atomic mass is 19.1. The monoisotopic (exact) mass is 285 g/mol. The molecule has 1 heterocycles. The van der Waals surface area contributed by atoms with Crippen molar-refractivity contribution in [1.29, 1.82) is 0 Å². The summed E-state index contributed by atoms with van der Waals surface area (Å²) in [7, 11) is 0. The number of nitrogens with one attached hydrogen (secondary N) is 1. The lowest BCUT2D eigenvalue weighted by atomic mass is 10.2. The van der Waals surface area contributed by atoms with Crippen molar-refractivity contribution >= 4 is 11.4 Å². The Labute approximate surface area is 115 Å². The number of anilines is 1. The van der Waals surface area contributed by atoms with Crippen LogP contribution in [0.1, 0.15) is 20.3 Å². The number of halogens is 2. The molecule has 0 saturated carbocycles. The molecular weight excluding hydrogens is 268 g/mol. The molecule has 0 amide bonds. The molecule has 1 atom stereocenters. The molecule has 0 radical (unpaired) electrons. The Kier molecular flexibility index (Phi) is 4.17. The Bertz CT molecular complexity index is 523. The summed E-state index contributed by atoms with van der Waals surface area (Å²) in [6.07, 6.45) is 0.770. The lowest BCUT2D eigenvalue weighted by Crippen LogP contribution is -2.31. The van der Waals surface area contributed by atoms with E-state index in [1.54, 1.807) is 0 Å². The number of likely N-dealkylation sites (tertiary alicyclic amines) is 1. The van der Waals surface area contributed by atoms with E-state index in [1.165, 1.54) is 0 Å². The quantitative estimate of drug-likeness (QED) is 0.682. The van der Waals surface area contributed by atoms with Gasteiger partial charge in [-0.2, -0.15) is 0 Å². The van der Waals surface area contributed by atoms with Gasteiger partial charge in [-0.05, 0) is 20.3 Å². The Morgan fingerprint density at radius 3 is 2.70 bits per heavy atom. The molecule has 5 nitrogen and oxygen atoms in total. The third kappa shape index (κ3) is 3.04. The summed E-state index contributed by atoms with van der Waals surface area (Å²) in [4.78, 5) is 12.3. The predicted octanol–water partition coefficient (Wildman–Crippen LogP) is 2.77. The van der Waals surface area contributed by atoms with E-state index < -0.39 is 22.2 Å². The van der Waals surface area contributed by atoms with E-state index >= 15 is 0 Å². The number of benzene rings is 1. The SMILES string of the molecule is CC(C)N1CCC(Nc2c(F)cc(F)cc2[N+](=O)[O-])C1. The van der Waals surface area contributed by atoms with Gasteiger partial charge in [-0.1, -0.05) is 0 Å². The van der Waals surface area contributed by atoms with Crippen LogP contribution >= 0.6 is 0 Å². The smallest absolute Gasteiger partial charge is 0.298 e. The van der Waals surface area contributed by atoms with Crippen LogP contribution in [0.25, 0.3) is 0 Å². The molecule has 1 aromatic carbocycles. The summed E-state index contributed by atoms with van der Waals surface area (Å²) in [5.41, 5.74) is -0.794. The van der Waals surface area contributed by atoms with Gasteiger partial charge in [0, 0.05) is 31.2 Å². The molecule has 1 aromatic rings. The third-order valence-electron chi connectivity index (χ3n) is 3.53. The molecule has 1 saturated heterocycles. The zero-order chi connectivity index (χ0) is 14.9. The van der Waals surface area contributed by atoms with Gasteiger partial charge in [-0.25, -0.2) is 8.78 Å². The van der Waals surface area contributed by atoms with Crippen molar-refractivity contribution in [3.63, 3.8) is 0 Å². The lowest BCUT2D eigenvalue weighted by Gasteiger charge is -2.21. The molecule has 0 aliphatic carbocycles. The van der Waals surface area contributed by atoms with Crippen LogP contribution in [0.4, 0.5) is 20.2 Å². The normalized spacial score (nSPS) is 19.6. The molecule has 0 bridgehead atoms. The standard InChI is InChI=1S/C13H17F2N3O2/c1-8(2)17-4-3-10(7-17)16-13-11(15)5-9(14)6-12(13)18(19)20/h5-6,8,10,16H,3-4,7H2,1-2H3. The second-order valence-corrected chi connectivity index (χ2v) is 5.26. The second kappa shape index (κ2) is 5.70. The van der Waals surface area contributed by atoms with Crippen LogP contribution in [0.15, 0.2) is 12.1 Å². The van der Waals surface area contributed by atoms with Crippen molar-refractivity contribution in [3.8, 4) is 0 Å². The summed E-state index contributed by atoms with van der Waals surface area (Å²) in [6, 6.07) is 1.69. The zero-order valence-corrected chi connectivity index (χ0v) is 11.4. The number of nitrogens with zero attached hydrogens (tertiary/aromatic N) is 2. The molecule has 1 N–H and O–H groups in total. The van der Waals surface area contributed by atoms with E-state index in [4.69, 9.17) is 0 Å². The molecule has 1 unspecified atom stereocenters. The van der Waals surface area contributed by atoms with E-state index in [-0.39, 0.29) is 11.7 Å². The third-order valence-corrected chi connectivity index (χ3v) is 3.53. The molecule has 0 aromatic heterocycles. The van der Waals surface area contributed by atoms with Gasteiger partial charge in [0.25, 0.3) is 5.69 Å². The molecule has 1 fully saturated rings. The minimum atomic E-state index is -0.949. The Hall–Kier alpha value is -1.76. The number of rotatable bonds is 4. The maximum absolute atomic E-state index is 13.8. The fourth-order valence-electron chi connectivity index (χ4n) is 2.43. The van der Waals surface area contributed by atoms with Gasteiger partial charge in [-0.3, -0.25) is 15.0 Å². The molecule has 0 spiro atoms. The number of hydrogen-bond donors (Lipinski definition) is 1. The molecule has 20 heavy (non-hydrogen) atoms. The van der Waals surface area contributed by atoms with Crippen LogP contribution in [0.3, 0.4) is 0 Å². The summed E-state index contributed by atoms with van der Waals surface area (Å²) in [5, 5.41) is 13.7. The van der Waals surface area contributed by atoms with Crippen LogP contribution in [-0.2, 0) is 0 Å². The molecule has 2 rings (SSSR count). The zero-order valence-electron chi connectivity index (χ0n) is 11.4. The maximum Gasteiger partial charge on any atom is 0.298 e. The highest BCUT2D eigenvalue weighted by molar-refractivity contribution is 5.63. The first-order valence-corrected chi connectivity index (χ1v) is 6.52. The molecule has 1 aliphatic rings. The fraction of sp³-hybridized carbons (Fsp3) is 0.538. The Balaban J connectivity index is 2.20. The maximum atomic E-state index is 13.8. The minimum Gasteiger partial charge on any atom is -0.373 e. The summed E-state index contributed by atoms with van der Waals surface area (Å²) in [6.45, 7) is 5.66. The highest BCUT2D eigenvalue weighted by Crippen LogP contribution is 2.30. The van der Waals surface area contributed by atoms with Crippen LogP contribution < -0.4 is 5.32 Å². The summed E-state index contributed by atoms with van der Waals surface area (Å²) in [5.74, 6) is -1.88. The molecule has 110 valence electrons. The molecular formula is C13H17F2N3O2. The van der Waals surface area contributed by atoms with E-state index in [0.717, 1.165) is 19.0 Å². The highest BCUT2D eigenvalue weighted by Gasteiger charge is 2.28. The topological polar surface area (TPSA) is 58.4 Å². The van der Waals surface area contributed by atoms with Crippen molar-refractivity contribution in [1.82, 2.24) is 4.90 Å². The van der Waals surface area contributed by atoms with Gasteiger partial charge < -0.3 is 5.32 Å². The largest absolute Gasteiger partial charge is 0.373 e. The summed E-state index contributed by atoms with van der Waals surface area (Å²) < 4.78 is 26.8. The van der Waals surface area contributed by atoms with E-state index in [0.29, 0.717) is 18.7 Å². The summed E-state index contributed by atoms with van der Waals surface area (Å²) >= 11 is 0. The van der Waals surface area contributed by atoms with Gasteiger partial charge in [0.2, 0.25) is 0 Å². The van der Waals surface area contributed by atoms with E-state index in [2.05, 4.69) is 24.1 Å². The molecule has 1 aliphatic heterocycles. The Morgan fingerprint density at radius 2 is 2.15 bits per heavy atom.